The van der Waals surface area contributed by atoms with Crippen LogP contribution in [0.5, 0.6) is 5.75 Å². The molecular weight excluding hydrogens is 250 g/mol. The first kappa shape index (κ1) is 17.0. The Morgan fingerprint density at radius 2 is 1.85 bits per heavy atom. The number of hydrogen-bond donors (Lipinski definition) is 1. The maximum atomic E-state index is 5.79. The van der Waals surface area contributed by atoms with Gasteiger partial charge in [-0.25, -0.2) is 0 Å². The molecule has 1 rings (SSSR count). The maximum Gasteiger partial charge on any atom is 0.119 e. The summed E-state index contributed by atoms with van der Waals surface area (Å²) in [5.74, 6) is 2.35. The quantitative estimate of drug-likeness (QED) is 0.630. The molecule has 0 fully saturated rings. The smallest absolute Gasteiger partial charge is 0.119 e. The zero-order chi connectivity index (χ0) is 14.6. The fraction of sp³-hybridized carbons (Fsp3) is 0.647. The van der Waals surface area contributed by atoms with Crippen molar-refractivity contribution in [2.75, 3.05) is 33.4 Å². The van der Waals surface area contributed by atoms with E-state index in [0.717, 1.165) is 44.4 Å². The Hall–Kier alpha value is -1.06. The van der Waals surface area contributed by atoms with Crippen molar-refractivity contribution in [3.63, 3.8) is 0 Å². The molecule has 1 aromatic carbocycles. The minimum atomic E-state index is 0.663. The molecule has 0 spiro atoms. The molecule has 0 amide bonds. The molecule has 3 nitrogen and oxygen atoms in total. The zero-order valence-electron chi connectivity index (χ0n) is 13.1. The summed E-state index contributed by atoms with van der Waals surface area (Å²) < 4.78 is 10.8. The van der Waals surface area contributed by atoms with Crippen molar-refractivity contribution in [2.24, 2.45) is 11.8 Å². The summed E-state index contributed by atoms with van der Waals surface area (Å²) in [6, 6.07) is 10.0. The van der Waals surface area contributed by atoms with Gasteiger partial charge in [0, 0.05) is 13.7 Å². The van der Waals surface area contributed by atoms with Crippen LogP contribution in [0.4, 0.5) is 0 Å². The second-order valence-corrected chi connectivity index (χ2v) is 5.64. The van der Waals surface area contributed by atoms with Crippen molar-refractivity contribution in [3.8, 4) is 5.75 Å². The van der Waals surface area contributed by atoms with Gasteiger partial charge in [0.05, 0.1) is 13.2 Å². The highest BCUT2D eigenvalue weighted by Gasteiger charge is 2.11. The topological polar surface area (TPSA) is 30.5 Å². The standard InChI is InChI=1S/C17H29NO2/c1-15(2)13-16(14-18-10-12-19-3)9-11-20-17-7-5-4-6-8-17/h4-8,15-16,18H,9-14H2,1-3H3. The molecule has 0 saturated carbocycles. The number of hydrogen-bond acceptors (Lipinski definition) is 3. The van der Waals surface area contributed by atoms with Crippen LogP contribution in [0.2, 0.25) is 0 Å². The van der Waals surface area contributed by atoms with Crippen molar-refractivity contribution >= 4 is 0 Å². The van der Waals surface area contributed by atoms with Crippen LogP contribution in [0.3, 0.4) is 0 Å². The molecule has 20 heavy (non-hydrogen) atoms. The average molecular weight is 279 g/mol. The fourth-order valence-electron chi connectivity index (χ4n) is 2.31. The van der Waals surface area contributed by atoms with Crippen LogP contribution in [-0.2, 0) is 4.74 Å². The first-order valence-electron chi connectivity index (χ1n) is 7.60. The van der Waals surface area contributed by atoms with E-state index in [4.69, 9.17) is 9.47 Å². The molecular formula is C17H29NO2. The third kappa shape index (κ3) is 8.18. The summed E-state index contributed by atoms with van der Waals surface area (Å²) >= 11 is 0. The summed E-state index contributed by atoms with van der Waals surface area (Å²) in [4.78, 5) is 0. The van der Waals surface area contributed by atoms with Gasteiger partial charge in [-0.15, -0.1) is 0 Å². The molecule has 0 saturated heterocycles. The third-order valence-electron chi connectivity index (χ3n) is 3.26. The zero-order valence-corrected chi connectivity index (χ0v) is 13.1. The van der Waals surface area contributed by atoms with E-state index in [9.17, 15) is 0 Å². The van der Waals surface area contributed by atoms with E-state index in [1.54, 1.807) is 7.11 Å². The molecule has 114 valence electrons. The van der Waals surface area contributed by atoms with Gasteiger partial charge in [-0.1, -0.05) is 32.0 Å². The molecule has 0 radical (unpaired) electrons. The molecule has 1 atom stereocenters. The molecule has 3 heteroatoms. The monoisotopic (exact) mass is 279 g/mol. The summed E-state index contributed by atoms with van der Waals surface area (Å²) in [5.41, 5.74) is 0. The van der Waals surface area contributed by atoms with Crippen LogP contribution in [0.25, 0.3) is 0 Å². The van der Waals surface area contributed by atoms with E-state index in [-0.39, 0.29) is 0 Å². The summed E-state index contributed by atoms with van der Waals surface area (Å²) in [6.07, 6.45) is 2.32. The van der Waals surface area contributed by atoms with Gasteiger partial charge in [-0.05, 0) is 43.4 Å². The van der Waals surface area contributed by atoms with E-state index >= 15 is 0 Å². The van der Waals surface area contributed by atoms with Gasteiger partial charge < -0.3 is 14.8 Å². The highest BCUT2D eigenvalue weighted by Crippen LogP contribution is 2.16. The van der Waals surface area contributed by atoms with Gasteiger partial charge in [0.1, 0.15) is 5.75 Å². The van der Waals surface area contributed by atoms with Crippen molar-refractivity contribution in [1.29, 1.82) is 0 Å². The molecule has 0 aliphatic rings. The predicted molar refractivity (Wildman–Crippen MR) is 84.2 cm³/mol. The van der Waals surface area contributed by atoms with Gasteiger partial charge in [0.2, 0.25) is 0 Å². The molecule has 1 N–H and O–H groups in total. The molecule has 0 aliphatic carbocycles. The first-order chi connectivity index (χ1) is 9.72. The van der Waals surface area contributed by atoms with E-state index < -0.39 is 0 Å². The van der Waals surface area contributed by atoms with Crippen LogP contribution in [0.1, 0.15) is 26.7 Å². The molecule has 0 heterocycles. The lowest BCUT2D eigenvalue weighted by Crippen LogP contribution is -2.28. The Kier molecular flexibility index (Phi) is 9.09. The Bertz CT molecular complexity index is 327. The Labute approximate surface area is 123 Å². The minimum Gasteiger partial charge on any atom is -0.494 e. The van der Waals surface area contributed by atoms with Crippen LogP contribution in [0, 0.1) is 11.8 Å². The minimum absolute atomic E-state index is 0.663. The summed E-state index contributed by atoms with van der Waals surface area (Å²) in [6.45, 7) is 8.08. The van der Waals surface area contributed by atoms with E-state index in [1.807, 2.05) is 30.3 Å². The Balaban J connectivity index is 2.25. The van der Waals surface area contributed by atoms with Crippen LogP contribution >= 0.6 is 0 Å². The van der Waals surface area contributed by atoms with E-state index in [1.165, 1.54) is 6.42 Å². The number of para-hydroxylation sites is 1. The lowest BCUT2D eigenvalue weighted by atomic mass is 9.94. The molecule has 0 aliphatic heterocycles. The van der Waals surface area contributed by atoms with Crippen molar-refractivity contribution in [2.45, 2.75) is 26.7 Å². The molecule has 0 aromatic heterocycles. The number of nitrogens with one attached hydrogen (secondary N) is 1. The van der Waals surface area contributed by atoms with Crippen molar-refractivity contribution in [3.05, 3.63) is 30.3 Å². The highest BCUT2D eigenvalue weighted by molar-refractivity contribution is 5.20. The number of benzene rings is 1. The molecule has 1 unspecified atom stereocenters. The lowest BCUT2D eigenvalue weighted by molar-refractivity contribution is 0.194. The normalized spacial score (nSPS) is 12.6. The van der Waals surface area contributed by atoms with Crippen LogP contribution in [-0.4, -0.2) is 33.4 Å². The van der Waals surface area contributed by atoms with Crippen molar-refractivity contribution in [1.82, 2.24) is 5.32 Å². The second-order valence-electron chi connectivity index (χ2n) is 5.64. The molecule has 1 aromatic rings. The summed E-state index contributed by atoms with van der Waals surface area (Å²) in [5, 5.41) is 3.46. The average Bonchev–Trinajstić information content (AvgIpc) is 2.44. The van der Waals surface area contributed by atoms with E-state index in [0.29, 0.717) is 5.92 Å². The second kappa shape index (κ2) is 10.7. The van der Waals surface area contributed by atoms with Gasteiger partial charge in [0.15, 0.2) is 0 Å². The lowest BCUT2D eigenvalue weighted by Gasteiger charge is -2.20. The van der Waals surface area contributed by atoms with Crippen molar-refractivity contribution < 1.29 is 9.47 Å². The maximum absolute atomic E-state index is 5.79. The third-order valence-corrected chi connectivity index (χ3v) is 3.26. The Morgan fingerprint density at radius 1 is 1.10 bits per heavy atom. The highest BCUT2D eigenvalue weighted by atomic mass is 16.5. The largest absolute Gasteiger partial charge is 0.494 e. The van der Waals surface area contributed by atoms with Gasteiger partial charge >= 0.3 is 0 Å². The van der Waals surface area contributed by atoms with Gasteiger partial charge in [0.25, 0.3) is 0 Å². The number of rotatable bonds is 11. The predicted octanol–water partition coefficient (Wildman–Crippen LogP) is 3.35. The van der Waals surface area contributed by atoms with Crippen LogP contribution < -0.4 is 10.1 Å². The number of ether oxygens (including phenoxy) is 2. The fourth-order valence-corrected chi connectivity index (χ4v) is 2.31. The first-order valence-corrected chi connectivity index (χ1v) is 7.60. The molecule has 0 bridgehead atoms. The Morgan fingerprint density at radius 3 is 2.50 bits per heavy atom. The van der Waals surface area contributed by atoms with Crippen LogP contribution in [0.15, 0.2) is 30.3 Å². The van der Waals surface area contributed by atoms with E-state index in [2.05, 4.69) is 19.2 Å². The number of methoxy groups -OCH3 is 1. The van der Waals surface area contributed by atoms with Gasteiger partial charge in [-0.3, -0.25) is 0 Å². The SMILES string of the molecule is COCCNCC(CCOc1ccccc1)CC(C)C. The summed E-state index contributed by atoms with van der Waals surface area (Å²) in [7, 11) is 1.74. The van der Waals surface area contributed by atoms with Gasteiger partial charge in [-0.2, -0.15) is 0 Å².